The number of halogens is 1. The fraction of sp³-hybridized carbons (Fsp3) is 0.333. The number of allylic oxidation sites excluding steroid dienone is 3. The highest BCUT2D eigenvalue weighted by Crippen LogP contribution is 2.38. The molecule has 0 aliphatic carbocycles. The predicted octanol–water partition coefficient (Wildman–Crippen LogP) is 2.80. The molecule has 6 nitrogen and oxygen atoms in total. The molecule has 1 aromatic carbocycles. The Bertz CT molecular complexity index is 782. The smallest absolute Gasteiger partial charge is 0.342 e. The van der Waals surface area contributed by atoms with Crippen LogP contribution < -0.4 is 0 Å². The van der Waals surface area contributed by atoms with Crippen LogP contribution in [0, 0.1) is 0 Å². The van der Waals surface area contributed by atoms with Crippen LogP contribution in [0.2, 0.25) is 0 Å². The maximum atomic E-state index is 12.5. The van der Waals surface area contributed by atoms with Gasteiger partial charge in [0.05, 0.1) is 10.6 Å². The summed E-state index contributed by atoms with van der Waals surface area (Å²) in [5, 5.41) is 20.0. The quantitative estimate of drug-likeness (QED) is 0.506. The number of hydrogen-bond donors (Lipinski definition) is 2. The summed E-state index contributed by atoms with van der Waals surface area (Å²) in [6, 6.07) is 1.04. The van der Waals surface area contributed by atoms with Crippen molar-refractivity contribution in [3.05, 3.63) is 46.0 Å². The Hall–Kier alpha value is -2.12. The molecule has 2 N–H and O–H groups in total. The van der Waals surface area contributed by atoms with E-state index in [1.807, 2.05) is 6.08 Å². The Morgan fingerprint density at radius 2 is 1.96 bits per heavy atom. The summed E-state index contributed by atoms with van der Waals surface area (Å²) < 4.78 is 11.0. The molecule has 3 atom stereocenters. The van der Waals surface area contributed by atoms with Crippen LogP contribution >= 0.6 is 15.9 Å². The molecule has 3 rings (SSSR count). The monoisotopic (exact) mass is 408 g/mol. The van der Waals surface area contributed by atoms with E-state index in [1.165, 1.54) is 6.08 Å². The van der Waals surface area contributed by atoms with E-state index in [2.05, 4.69) is 15.9 Å². The van der Waals surface area contributed by atoms with Gasteiger partial charge in [0.1, 0.15) is 29.3 Å². The van der Waals surface area contributed by atoms with Crippen molar-refractivity contribution in [2.45, 2.75) is 38.1 Å². The summed E-state index contributed by atoms with van der Waals surface area (Å²) in [6.07, 6.45) is 6.39. The zero-order valence-corrected chi connectivity index (χ0v) is 15.0. The van der Waals surface area contributed by atoms with E-state index in [0.29, 0.717) is 6.42 Å². The fourth-order valence-corrected chi connectivity index (χ4v) is 3.23. The average molecular weight is 409 g/mol. The summed E-state index contributed by atoms with van der Waals surface area (Å²) in [6.45, 7) is 1.74. The van der Waals surface area contributed by atoms with Crippen LogP contribution in [0.1, 0.15) is 29.3 Å². The van der Waals surface area contributed by atoms with Crippen LogP contribution in [0.3, 0.4) is 0 Å². The van der Waals surface area contributed by atoms with Gasteiger partial charge in [-0.3, -0.25) is 4.79 Å². The van der Waals surface area contributed by atoms with E-state index in [0.717, 1.165) is 6.07 Å². The largest absolute Gasteiger partial charge is 0.507 e. The minimum absolute atomic E-state index is 0.0364. The van der Waals surface area contributed by atoms with Gasteiger partial charge in [-0.25, -0.2) is 4.79 Å². The second kappa shape index (κ2) is 7.01. The lowest BCUT2D eigenvalue weighted by molar-refractivity contribution is -0.114. The van der Waals surface area contributed by atoms with Crippen molar-refractivity contribution in [3.63, 3.8) is 0 Å². The molecule has 0 bridgehead atoms. The molecule has 3 unspecified atom stereocenters. The van der Waals surface area contributed by atoms with E-state index in [4.69, 9.17) is 9.47 Å². The normalized spacial score (nSPS) is 26.4. The highest BCUT2D eigenvalue weighted by Gasteiger charge is 2.38. The molecule has 1 aromatic rings. The van der Waals surface area contributed by atoms with E-state index in [-0.39, 0.29) is 45.8 Å². The van der Waals surface area contributed by atoms with Crippen LogP contribution in [-0.2, 0) is 20.7 Å². The summed E-state index contributed by atoms with van der Waals surface area (Å²) in [7, 11) is 0. The minimum atomic E-state index is -0.748. The molecule has 0 saturated carbocycles. The average Bonchev–Trinajstić information content (AvgIpc) is 3.25. The number of fused-ring (bicyclic) bond motifs is 2. The molecule has 25 heavy (non-hydrogen) atoms. The number of hydrogen-bond acceptors (Lipinski definition) is 6. The first-order valence-corrected chi connectivity index (χ1v) is 8.63. The van der Waals surface area contributed by atoms with Gasteiger partial charge < -0.3 is 19.7 Å². The van der Waals surface area contributed by atoms with Crippen molar-refractivity contribution in [1.29, 1.82) is 0 Å². The third-order valence-corrected chi connectivity index (χ3v) is 4.95. The fourth-order valence-electron chi connectivity index (χ4n) is 2.78. The Morgan fingerprint density at radius 3 is 2.72 bits per heavy atom. The standard InChI is InChI=1S/C18H17BrO6/c1-9-6-15-14(25-15)5-3-2-4-10(20)7-11-16(18(23)24-9)12(21)8-13(22)17(11)19/h2-5,8-9,14-15,21-22H,6-7H2,1H3. The molecule has 2 aliphatic rings. The number of ketones is 1. The number of carbonyl (C=O) groups is 2. The van der Waals surface area contributed by atoms with E-state index in [9.17, 15) is 19.8 Å². The van der Waals surface area contributed by atoms with Crippen LogP contribution in [0.4, 0.5) is 0 Å². The Labute approximate surface area is 152 Å². The Balaban J connectivity index is 2.01. The molecule has 2 aliphatic heterocycles. The lowest BCUT2D eigenvalue weighted by atomic mass is 10.00. The van der Waals surface area contributed by atoms with Crippen molar-refractivity contribution >= 4 is 27.7 Å². The zero-order valence-electron chi connectivity index (χ0n) is 13.4. The van der Waals surface area contributed by atoms with E-state index < -0.39 is 17.8 Å². The van der Waals surface area contributed by atoms with Gasteiger partial charge in [-0.05, 0) is 34.5 Å². The number of phenolic OH excluding ortho intramolecular Hbond substituents is 2. The second-order valence-corrected chi connectivity index (χ2v) is 6.85. The second-order valence-electron chi connectivity index (χ2n) is 6.06. The van der Waals surface area contributed by atoms with Crippen LogP contribution in [0.5, 0.6) is 11.5 Å². The number of rotatable bonds is 0. The van der Waals surface area contributed by atoms with Gasteiger partial charge in [0.15, 0.2) is 5.78 Å². The molecule has 1 fully saturated rings. The highest BCUT2D eigenvalue weighted by molar-refractivity contribution is 9.10. The van der Waals surface area contributed by atoms with Gasteiger partial charge in [0.2, 0.25) is 0 Å². The summed E-state index contributed by atoms with van der Waals surface area (Å²) in [4.78, 5) is 24.7. The SMILES string of the molecule is CC1CC2OC2C=CC=CC(=O)Cc2c(Br)c(O)cc(O)c2C(=O)O1. The molecule has 0 aromatic heterocycles. The summed E-state index contributed by atoms with van der Waals surface area (Å²) in [5.41, 5.74) is 0.0603. The predicted molar refractivity (Wildman–Crippen MR) is 92.6 cm³/mol. The summed E-state index contributed by atoms with van der Waals surface area (Å²) >= 11 is 3.18. The highest BCUT2D eigenvalue weighted by atomic mass is 79.9. The lowest BCUT2D eigenvalue weighted by Gasteiger charge is -2.16. The van der Waals surface area contributed by atoms with Gasteiger partial charge in [-0.15, -0.1) is 0 Å². The van der Waals surface area contributed by atoms with E-state index >= 15 is 0 Å². The maximum Gasteiger partial charge on any atom is 0.342 e. The van der Waals surface area contributed by atoms with Gasteiger partial charge in [-0.2, -0.15) is 0 Å². The van der Waals surface area contributed by atoms with Crippen molar-refractivity contribution in [1.82, 2.24) is 0 Å². The number of carbonyl (C=O) groups excluding carboxylic acids is 2. The first-order valence-electron chi connectivity index (χ1n) is 7.84. The zero-order chi connectivity index (χ0) is 18.1. The number of cyclic esters (lactones) is 1. The molecule has 0 spiro atoms. The van der Waals surface area contributed by atoms with Crippen LogP contribution in [0.15, 0.2) is 34.8 Å². The van der Waals surface area contributed by atoms with Gasteiger partial charge in [0, 0.05) is 18.9 Å². The lowest BCUT2D eigenvalue weighted by Crippen LogP contribution is -2.19. The first-order chi connectivity index (χ1) is 11.9. The first kappa shape index (κ1) is 17.7. The number of epoxide rings is 1. The van der Waals surface area contributed by atoms with Crippen molar-refractivity contribution in [2.75, 3.05) is 0 Å². The number of aromatic hydroxyl groups is 2. The number of ether oxygens (including phenoxy) is 2. The minimum Gasteiger partial charge on any atom is -0.507 e. The molecule has 1 saturated heterocycles. The van der Waals surface area contributed by atoms with Crippen molar-refractivity contribution in [2.24, 2.45) is 0 Å². The van der Waals surface area contributed by atoms with Crippen LogP contribution in [0.25, 0.3) is 0 Å². The molecule has 0 radical (unpaired) electrons. The molecule has 0 amide bonds. The molecule has 7 heteroatoms. The third-order valence-electron chi connectivity index (χ3n) is 4.06. The van der Waals surface area contributed by atoms with Crippen molar-refractivity contribution in [3.8, 4) is 11.5 Å². The van der Waals surface area contributed by atoms with Gasteiger partial charge >= 0.3 is 5.97 Å². The Kier molecular flexibility index (Phi) is 4.96. The van der Waals surface area contributed by atoms with Gasteiger partial charge in [-0.1, -0.05) is 18.2 Å². The summed E-state index contributed by atoms with van der Waals surface area (Å²) in [5.74, 6) is -1.73. The Morgan fingerprint density at radius 1 is 1.20 bits per heavy atom. The topological polar surface area (TPSA) is 96.4 Å². The number of esters is 1. The maximum absolute atomic E-state index is 12.5. The molecule has 2 heterocycles. The third kappa shape index (κ3) is 3.93. The van der Waals surface area contributed by atoms with E-state index in [1.54, 1.807) is 19.1 Å². The molecule has 132 valence electrons. The molecular weight excluding hydrogens is 392 g/mol. The van der Waals surface area contributed by atoms with Crippen molar-refractivity contribution < 1.29 is 29.3 Å². The number of benzene rings is 1. The van der Waals surface area contributed by atoms with Gasteiger partial charge in [0.25, 0.3) is 0 Å². The van der Waals surface area contributed by atoms with Crippen LogP contribution in [-0.4, -0.2) is 40.3 Å². The number of phenols is 2. The molecular formula is C18H17BrO6.